The number of hydroxylamine groups is 2. The third-order valence-corrected chi connectivity index (χ3v) is 5.33. The monoisotopic (exact) mass is 483 g/mol. The van der Waals surface area contributed by atoms with Crippen LogP contribution < -0.4 is 45.7 Å². The van der Waals surface area contributed by atoms with Gasteiger partial charge in [-0.25, -0.2) is 9.78 Å². The Kier molecular flexibility index (Phi) is 7.04. The first-order valence-electron chi connectivity index (χ1n) is 8.94. The number of oxime groups is 1. The number of thiazole rings is 1. The number of hydrogen-bond acceptors (Lipinski definition) is 12. The third kappa shape index (κ3) is 4.06. The average molecular weight is 483 g/mol. The topological polar surface area (TPSA) is 186 Å². The fourth-order valence-corrected chi connectivity index (χ4v) is 3.83. The smallest absolute Gasteiger partial charge is 0.544 e. The molecular formula is C18H14N5NaO8S. The summed E-state index contributed by atoms with van der Waals surface area (Å²) in [7, 11) is 1.21. The number of amides is 2. The van der Waals surface area contributed by atoms with Crippen molar-refractivity contribution < 1.29 is 68.3 Å². The molecule has 0 saturated carbocycles. The summed E-state index contributed by atoms with van der Waals surface area (Å²) in [4.78, 5) is 63.8. The number of aromatic nitrogens is 1. The van der Waals surface area contributed by atoms with E-state index in [1.54, 1.807) is 0 Å². The van der Waals surface area contributed by atoms with Crippen LogP contribution in [0.15, 0.2) is 34.8 Å². The molecular weight excluding hydrogens is 469 g/mol. The number of carboxylic acids is 1. The summed E-state index contributed by atoms with van der Waals surface area (Å²) in [5.41, 5.74) is 2.59. The molecule has 1 aromatic heterocycles. The van der Waals surface area contributed by atoms with Gasteiger partial charge in [-0.1, -0.05) is 23.4 Å². The second-order valence-electron chi connectivity index (χ2n) is 6.51. The van der Waals surface area contributed by atoms with Gasteiger partial charge in [-0.3, -0.25) is 14.4 Å². The zero-order chi connectivity index (χ0) is 23.0. The molecule has 0 bridgehead atoms. The molecule has 0 spiro atoms. The third-order valence-electron chi connectivity index (χ3n) is 4.65. The Morgan fingerprint density at radius 1 is 1.39 bits per heavy atom. The van der Waals surface area contributed by atoms with Crippen molar-refractivity contribution in [3.05, 3.63) is 46.5 Å². The predicted molar refractivity (Wildman–Crippen MR) is 103 cm³/mol. The number of carboxylic acid groups (broad SMARTS) is 1. The van der Waals surface area contributed by atoms with Gasteiger partial charge in [0.2, 0.25) is 0 Å². The Balaban J connectivity index is 0.00000306. The van der Waals surface area contributed by atoms with Crippen molar-refractivity contribution in [2.45, 2.75) is 11.8 Å². The van der Waals surface area contributed by atoms with Crippen LogP contribution in [0, 0.1) is 0 Å². The number of carbonyl (C=O) groups is 4. The molecule has 0 aliphatic carbocycles. The molecule has 0 radical (unpaired) electrons. The standard InChI is InChI=1S/C18H15N5O8S.Na/c1-29-22-12(11-7-32-17(19)21-11)13(24)20-10-6-30-23(14(10)25)18(16(27)28)9-5-3-2-4-8(9)15(26)31-18;/h2-5,7,10H,6H2,1H3,(H2,19,21)(H,20,24)(H,27,28);/q;+1/p-1/t10-,18?;/m0./s1. The Labute approximate surface area is 211 Å². The number of nitrogen functional groups attached to an aromatic ring is 1. The van der Waals surface area contributed by atoms with Crippen molar-refractivity contribution in [1.82, 2.24) is 15.4 Å². The number of aliphatic carboxylic acids is 1. The minimum atomic E-state index is -2.64. The molecule has 2 aliphatic rings. The SMILES string of the molecule is CON=C(C(=O)N[C@H]1CON(C2(C(=O)[O-])OC(=O)c3ccccc32)C1=O)c1csc(N)n1.[Na+]. The molecule has 13 nitrogen and oxygen atoms in total. The Morgan fingerprint density at radius 2 is 2.12 bits per heavy atom. The fourth-order valence-electron chi connectivity index (χ4n) is 3.28. The summed E-state index contributed by atoms with van der Waals surface area (Å²) in [6.07, 6.45) is 0. The molecule has 2 atom stereocenters. The van der Waals surface area contributed by atoms with E-state index in [0.717, 1.165) is 11.3 Å². The number of esters is 1. The largest absolute Gasteiger partial charge is 1.00 e. The Bertz CT molecular complexity index is 1170. The van der Waals surface area contributed by atoms with Gasteiger partial charge < -0.3 is 30.5 Å². The van der Waals surface area contributed by atoms with Gasteiger partial charge in [0.05, 0.1) is 5.56 Å². The number of cyclic esters (lactones) is 1. The first-order valence-corrected chi connectivity index (χ1v) is 9.82. The maximum Gasteiger partial charge on any atom is 1.00 e. The zero-order valence-electron chi connectivity index (χ0n) is 17.3. The molecule has 4 rings (SSSR count). The van der Waals surface area contributed by atoms with Crippen LogP contribution in [0.3, 0.4) is 0 Å². The van der Waals surface area contributed by atoms with E-state index in [4.69, 9.17) is 15.3 Å². The number of carbonyl (C=O) groups excluding carboxylic acids is 4. The minimum Gasteiger partial charge on any atom is -0.544 e. The van der Waals surface area contributed by atoms with Gasteiger partial charge in [0.25, 0.3) is 17.5 Å². The summed E-state index contributed by atoms with van der Waals surface area (Å²) in [6, 6.07) is 4.28. The number of nitrogens with zero attached hydrogens (tertiary/aromatic N) is 3. The van der Waals surface area contributed by atoms with E-state index < -0.39 is 42.1 Å². The number of fused-ring (bicyclic) bond motifs is 1. The minimum absolute atomic E-state index is 0. The van der Waals surface area contributed by atoms with Gasteiger partial charge in [0, 0.05) is 10.9 Å². The first kappa shape index (κ1) is 24.6. The number of nitrogens with one attached hydrogen (secondary N) is 1. The number of nitrogens with two attached hydrogens (primary N) is 1. The maximum absolute atomic E-state index is 13.0. The van der Waals surface area contributed by atoms with E-state index in [2.05, 4.69) is 20.3 Å². The number of ether oxygens (including phenoxy) is 1. The van der Waals surface area contributed by atoms with Crippen LogP contribution >= 0.6 is 11.3 Å². The molecule has 33 heavy (non-hydrogen) atoms. The Hall–Kier alpha value is -3.04. The molecule has 3 heterocycles. The molecule has 2 amide bonds. The molecule has 1 fully saturated rings. The summed E-state index contributed by atoms with van der Waals surface area (Å²) < 4.78 is 5.05. The van der Waals surface area contributed by atoms with E-state index in [1.165, 1.54) is 36.8 Å². The number of benzene rings is 1. The van der Waals surface area contributed by atoms with Crippen molar-refractivity contribution in [2.75, 3.05) is 19.5 Å². The van der Waals surface area contributed by atoms with Crippen LogP contribution in [-0.4, -0.2) is 59.3 Å². The van der Waals surface area contributed by atoms with Gasteiger partial charge in [0.1, 0.15) is 31.4 Å². The summed E-state index contributed by atoms with van der Waals surface area (Å²) >= 11 is 1.06. The van der Waals surface area contributed by atoms with Crippen molar-refractivity contribution in [3.63, 3.8) is 0 Å². The van der Waals surface area contributed by atoms with Gasteiger partial charge in [-0.15, -0.1) is 11.3 Å². The molecule has 2 aliphatic heterocycles. The van der Waals surface area contributed by atoms with Crippen LogP contribution in [0.25, 0.3) is 0 Å². The van der Waals surface area contributed by atoms with Gasteiger partial charge in [0.15, 0.2) is 10.8 Å². The van der Waals surface area contributed by atoms with Crippen molar-refractivity contribution in [3.8, 4) is 0 Å². The number of rotatable bonds is 6. The van der Waals surface area contributed by atoms with Gasteiger partial charge in [-0.2, -0.15) is 5.06 Å². The van der Waals surface area contributed by atoms with E-state index >= 15 is 0 Å². The van der Waals surface area contributed by atoms with Gasteiger partial charge >= 0.3 is 35.5 Å². The quantitative estimate of drug-likeness (QED) is 0.175. The molecule has 1 unspecified atom stereocenters. The van der Waals surface area contributed by atoms with Crippen LogP contribution in [0.5, 0.6) is 0 Å². The molecule has 15 heteroatoms. The summed E-state index contributed by atoms with van der Waals surface area (Å²) in [5, 5.41) is 20.1. The normalized spacial score (nSPS) is 21.8. The van der Waals surface area contributed by atoms with Crippen LogP contribution in [0.2, 0.25) is 0 Å². The van der Waals surface area contributed by atoms with Crippen molar-refractivity contribution >= 4 is 45.9 Å². The Morgan fingerprint density at radius 3 is 2.76 bits per heavy atom. The molecule has 2 aromatic rings. The van der Waals surface area contributed by atoms with Crippen LogP contribution in [0.4, 0.5) is 5.13 Å². The van der Waals surface area contributed by atoms with E-state index in [1.807, 2.05) is 0 Å². The number of anilines is 1. The van der Waals surface area contributed by atoms with Gasteiger partial charge in [-0.05, 0) is 6.07 Å². The van der Waals surface area contributed by atoms with E-state index in [9.17, 15) is 24.3 Å². The summed E-state index contributed by atoms with van der Waals surface area (Å²) in [5.74, 6) is -4.70. The zero-order valence-corrected chi connectivity index (χ0v) is 20.1. The second-order valence-corrected chi connectivity index (χ2v) is 7.40. The number of hydrogen-bond donors (Lipinski definition) is 2. The van der Waals surface area contributed by atoms with Crippen molar-refractivity contribution in [1.29, 1.82) is 0 Å². The second kappa shape index (κ2) is 9.44. The van der Waals surface area contributed by atoms with Crippen molar-refractivity contribution in [2.24, 2.45) is 5.16 Å². The first-order chi connectivity index (χ1) is 15.3. The molecule has 1 aromatic carbocycles. The molecule has 3 N–H and O–H groups in total. The fraction of sp³-hybridized carbons (Fsp3) is 0.222. The average Bonchev–Trinajstić information content (AvgIpc) is 3.43. The molecule has 1 saturated heterocycles. The summed E-state index contributed by atoms with van der Waals surface area (Å²) in [6.45, 7) is -0.446. The van der Waals surface area contributed by atoms with Crippen LogP contribution in [0.1, 0.15) is 21.6 Å². The van der Waals surface area contributed by atoms with E-state index in [-0.39, 0.29) is 57.2 Å². The molecule has 166 valence electrons. The predicted octanol–water partition coefficient (Wildman–Crippen LogP) is -4.89. The van der Waals surface area contributed by atoms with Crippen LogP contribution in [-0.2, 0) is 34.5 Å². The van der Waals surface area contributed by atoms with E-state index in [0.29, 0.717) is 5.06 Å². The maximum atomic E-state index is 13.0.